The molecule has 0 atom stereocenters. The maximum atomic E-state index is 10.6. The molecular formula is C38H29N2O2Pt-. The Hall–Kier alpha value is -4.53. The topological polar surface area (TPSA) is 59.2 Å². The zero-order valence-corrected chi connectivity index (χ0v) is 26.3. The number of phenolic OH excluding ortho intramolecular Hbond substituents is 1. The number of nitrogens with zero attached hydrogens (tertiary/aromatic N) is 2. The van der Waals surface area contributed by atoms with E-state index < -0.39 is 0 Å². The van der Waals surface area contributed by atoms with Crippen LogP contribution in [0.4, 0.5) is 0 Å². The number of hydrogen-bond donors (Lipinski definition) is 1. The fourth-order valence-corrected chi connectivity index (χ4v) is 5.44. The summed E-state index contributed by atoms with van der Waals surface area (Å²) in [4.78, 5) is 9.75. The Morgan fingerprint density at radius 2 is 1.42 bits per heavy atom. The van der Waals surface area contributed by atoms with E-state index in [4.69, 9.17) is 14.4 Å². The van der Waals surface area contributed by atoms with Crippen molar-refractivity contribution in [3.05, 3.63) is 127 Å². The van der Waals surface area contributed by atoms with Gasteiger partial charge in [0.2, 0.25) is 0 Å². The van der Waals surface area contributed by atoms with Crippen LogP contribution in [0.25, 0.3) is 66.8 Å². The number of fused-ring (bicyclic) bond motifs is 2. The molecule has 5 aromatic carbocycles. The minimum atomic E-state index is -0.133. The van der Waals surface area contributed by atoms with E-state index in [-0.39, 0.29) is 32.2 Å². The van der Waals surface area contributed by atoms with E-state index in [0.29, 0.717) is 22.6 Å². The van der Waals surface area contributed by atoms with Crippen LogP contribution < -0.4 is 0 Å². The third-order valence-electron chi connectivity index (χ3n) is 7.68. The van der Waals surface area contributed by atoms with Crippen LogP contribution in [-0.2, 0) is 26.5 Å². The van der Waals surface area contributed by atoms with Crippen LogP contribution in [0.1, 0.15) is 26.3 Å². The molecule has 0 spiro atoms. The van der Waals surface area contributed by atoms with Crippen LogP contribution >= 0.6 is 0 Å². The number of para-hydroxylation sites is 2. The molecule has 0 saturated carbocycles. The molecule has 0 amide bonds. The summed E-state index contributed by atoms with van der Waals surface area (Å²) in [5.41, 5.74) is 9.79. The van der Waals surface area contributed by atoms with Crippen LogP contribution in [0.3, 0.4) is 0 Å². The molecule has 43 heavy (non-hydrogen) atoms. The van der Waals surface area contributed by atoms with Gasteiger partial charge in [0.15, 0.2) is 5.89 Å². The van der Waals surface area contributed by atoms with E-state index in [9.17, 15) is 5.11 Å². The Labute approximate surface area is 265 Å². The van der Waals surface area contributed by atoms with Crippen molar-refractivity contribution in [2.75, 3.05) is 0 Å². The summed E-state index contributed by atoms with van der Waals surface area (Å²) < 4.78 is 6.36. The molecule has 0 aliphatic carbocycles. The number of hydrogen-bond acceptors (Lipinski definition) is 4. The van der Waals surface area contributed by atoms with Crippen molar-refractivity contribution < 1.29 is 30.6 Å². The maximum Gasteiger partial charge on any atom is 0.159 e. The van der Waals surface area contributed by atoms with Gasteiger partial charge in [-0.2, -0.15) is 0 Å². The molecule has 0 unspecified atom stereocenters. The molecule has 0 bridgehead atoms. The Morgan fingerprint density at radius 1 is 0.674 bits per heavy atom. The number of pyridine rings is 1. The van der Waals surface area contributed by atoms with Crippen molar-refractivity contribution in [2.45, 2.75) is 26.2 Å². The van der Waals surface area contributed by atoms with E-state index >= 15 is 0 Å². The molecule has 0 saturated heterocycles. The smallest absolute Gasteiger partial charge is 0.159 e. The molecule has 0 aliphatic rings. The van der Waals surface area contributed by atoms with Crippen molar-refractivity contribution >= 4 is 22.0 Å². The Kier molecular flexibility index (Phi) is 7.50. The van der Waals surface area contributed by atoms with Gasteiger partial charge in [-0.25, -0.2) is 4.98 Å². The normalized spacial score (nSPS) is 11.5. The fourth-order valence-electron chi connectivity index (χ4n) is 5.44. The molecule has 0 aliphatic heterocycles. The zero-order chi connectivity index (χ0) is 28.8. The first-order valence-corrected chi connectivity index (χ1v) is 14.1. The van der Waals surface area contributed by atoms with Gasteiger partial charge in [-0.15, -0.1) is 29.3 Å². The van der Waals surface area contributed by atoms with Crippen molar-refractivity contribution in [1.82, 2.24) is 9.97 Å². The number of phenols is 1. The first kappa shape index (κ1) is 28.6. The van der Waals surface area contributed by atoms with E-state index in [1.54, 1.807) is 6.07 Å². The van der Waals surface area contributed by atoms with Crippen molar-refractivity contribution in [1.29, 1.82) is 0 Å². The summed E-state index contributed by atoms with van der Waals surface area (Å²) >= 11 is 0. The van der Waals surface area contributed by atoms with Gasteiger partial charge < -0.3 is 9.52 Å². The first-order valence-electron chi connectivity index (χ1n) is 14.1. The van der Waals surface area contributed by atoms with Crippen molar-refractivity contribution in [3.8, 4) is 50.6 Å². The van der Waals surface area contributed by atoms with Crippen LogP contribution in [-0.4, -0.2) is 15.1 Å². The second kappa shape index (κ2) is 11.3. The van der Waals surface area contributed by atoms with Gasteiger partial charge in [0, 0.05) is 43.9 Å². The fraction of sp³-hybridized carbons (Fsp3) is 0.105. The van der Waals surface area contributed by atoms with Crippen molar-refractivity contribution in [2.24, 2.45) is 0 Å². The average Bonchev–Trinajstić information content (AvgIpc) is 3.46. The van der Waals surface area contributed by atoms with Gasteiger partial charge in [0.05, 0.1) is 0 Å². The Balaban J connectivity index is 0.00000329. The first-order chi connectivity index (χ1) is 20.3. The van der Waals surface area contributed by atoms with E-state index in [0.717, 1.165) is 49.8 Å². The molecule has 0 radical (unpaired) electrons. The summed E-state index contributed by atoms with van der Waals surface area (Å²) in [6.45, 7) is 6.61. The SMILES string of the molecule is CC(C)(C)c1cc(-c2nc3c(-c4ccccc4O)cccc3o2)[c-]c(-c2cc(-c3ccccc3)cc3cccnc23)c1.[Pt]. The van der Waals surface area contributed by atoms with Gasteiger partial charge in [0.25, 0.3) is 0 Å². The second-order valence-electron chi connectivity index (χ2n) is 11.6. The monoisotopic (exact) mass is 740 g/mol. The molecule has 5 heteroatoms. The summed E-state index contributed by atoms with van der Waals surface area (Å²) in [5.74, 6) is 0.688. The standard InChI is InChI=1S/C38H29N2O2.Pt/c1-38(2,3)29-21-27(32-23-26(24-11-5-4-6-12-24)19-25-13-10-18-39-35(25)32)20-28(22-29)37-40-36-31(15-9-17-34(36)42-37)30-14-7-8-16-33(30)41;/h4-19,21-23,41H,1-3H3;/q-1;. The Morgan fingerprint density at radius 3 is 2.21 bits per heavy atom. The van der Waals surface area contributed by atoms with Gasteiger partial charge >= 0.3 is 0 Å². The predicted octanol–water partition coefficient (Wildman–Crippen LogP) is 9.84. The molecule has 4 nitrogen and oxygen atoms in total. The van der Waals surface area contributed by atoms with Crippen LogP contribution in [0.5, 0.6) is 5.75 Å². The number of aromatic nitrogens is 2. The van der Waals surface area contributed by atoms with E-state index in [1.807, 2.05) is 54.7 Å². The Bertz CT molecular complexity index is 2090. The van der Waals surface area contributed by atoms with Gasteiger partial charge in [-0.05, 0) is 46.2 Å². The quantitative estimate of drug-likeness (QED) is 0.183. The molecule has 7 aromatic rings. The summed E-state index contributed by atoms with van der Waals surface area (Å²) in [5, 5.41) is 11.6. The number of oxazole rings is 1. The third kappa shape index (κ3) is 5.40. The van der Waals surface area contributed by atoms with Gasteiger partial charge in [-0.1, -0.05) is 105 Å². The van der Waals surface area contributed by atoms with Crippen molar-refractivity contribution in [3.63, 3.8) is 0 Å². The maximum absolute atomic E-state index is 10.6. The van der Waals surface area contributed by atoms with E-state index in [1.165, 1.54) is 0 Å². The molecule has 2 heterocycles. The molecule has 1 N–H and O–H groups in total. The number of benzene rings is 5. The molecule has 0 fully saturated rings. The minimum Gasteiger partial charge on any atom is -0.507 e. The van der Waals surface area contributed by atoms with Gasteiger partial charge in [-0.3, -0.25) is 4.98 Å². The second-order valence-corrected chi connectivity index (χ2v) is 11.6. The number of rotatable bonds is 4. The summed E-state index contributed by atoms with van der Waals surface area (Å²) in [7, 11) is 0. The van der Waals surface area contributed by atoms with Crippen LogP contribution in [0.15, 0.2) is 120 Å². The molecule has 7 rings (SSSR count). The summed E-state index contributed by atoms with van der Waals surface area (Å²) in [6, 6.07) is 39.9. The van der Waals surface area contributed by atoms with Crippen LogP contribution in [0.2, 0.25) is 0 Å². The van der Waals surface area contributed by atoms with E-state index in [2.05, 4.69) is 81.4 Å². The minimum absolute atomic E-state index is 0. The molecular weight excluding hydrogens is 712 g/mol. The zero-order valence-electron chi connectivity index (χ0n) is 24.0. The largest absolute Gasteiger partial charge is 0.507 e. The number of aromatic hydroxyl groups is 1. The molecule has 2 aromatic heterocycles. The molecule has 214 valence electrons. The third-order valence-corrected chi connectivity index (χ3v) is 7.68. The average molecular weight is 741 g/mol. The summed E-state index contributed by atoms with van der Waals surface area (Å²) in [6.07, 6.45) is 1.84. The predicted molar refractivity (Wildman–Crippen MR) is 170 cm³/mol. The van der Waals surface area contributed by atoms with Crippen LogP contribution in [0, 0.1) is 6.07 Å². The van der Waals surface area contributed by atoms with Gasteiger partial charge in [0.1, 0.15) is 16.8 Å².